The third-order valence-electron chi connectivity index (χ3n) is 2.56. The minimum absolute atomic E-state index is 0.219. The topological polar surface area (TPSA) is 29.5 Å². The number of carbonyl (C=O) groups is 1. The van der Waals surface area contributed by atoms with Crippen molar-refractivity contribution >= 4 is 5.97 Å². The van der Waals surface area contributed by atoms with Crippen molar-refractivity contribution in [1.82, 2.24) is 4.90 Å². The molecule has 0 amide bonds. The fourth-order valence-corrected chi connectivity index (χ4v) is 1.75. The van der Waals surface area contributed by atoms with E-state index in [2.05, 4.69) is 16.6 Å². The molecular formula is C11H19NO2. The predicted molar refractivity (Wildman–Crippen MR) is 56.1 cm³/mol. The highest BCUT2D eigenvalue weighted by atomic mass is 16.5. The first-order valence-corrected chi connectivity index (χ1v) is 5.26. The number of hydrogen-bond acceptors (Lipinski definition) is 3. The third-order valence-corrected chi connectivity index (χ3v) is 2.56. The summed E-state index contributed by atoms with van der Waals surface area (Å²) in [6.07, 6.45) is 4.86. The van der Waals surface area contributed by atoms with Gasteiger partial charge < -0.3 is 9.64 Å². The summed E-state index contributed by atoms with van der Waals surface area (Å²) in [5, 5.41) is 0. The van der Waals surface area contributed by atoms with Gasteiger partial charge in [0.25, 0.3) is 0 Å². The molecule has 1 aliphatic rings. The highest BCUT2D eigenvalue weighted by Gasteiger charge is 2.13. The maximum Gasteiger partial charge on any atom is 0.330 e. The summed E-state index contributed by atoms with van der Waals surface area (Å²) in [5.41, 5.74) is 1.23. The van der Waals surface area contributed by atoms with Gasteiger partial charge in [0.05, 0.1) is 7.11 Å². The number of likely N-dealkylation sites (tertiary alicyclic amines) is 1. The second-order valence-corrected chi connectivity index (χ2v) is 3.67. The molecule has 1 saturated heterocycles. The zero-order valence-electron chi connectivity index (χ0n) is 9.08. The van der Waals surface area contributed by atoms with Crippen molar-refractivity contribution in [3.63, 3.8) is 0 Å². The first-order chi connectivity index (χ1) is 6.76. The van der Waals surface area contributed by atoms with E-state index in [9.17, 15) is 4.79 Å². The van der Waals surface area contributed by atoms with Gasteiger partial charge in [0.2, 0.25) is 0 Å². The minimum Gasteiger partial charge on any atom is -0.466 e. The second kappa shape index (κ2) is 5.81. The molecule has 1 aliphatic heterocycles. The van der Waals surface area contributed by atoms with E-state index in [-0.39, 0.29) is 5.97 Å². The maximum atomic E-state index is 11.0. The van der Waals surface area contributed by atoms with Crippen LogP contribution < -0.4 is 0 Å². The average Bonchev–Trinajstić information content (AvgIpc) is 2.21. The summed E-state index contributed by atoms with van der Waals surface area (Å²) in [4.78, 5) is 13.4. The summed E-state index contributed by atoms with van der Waals surface area (Å²) in [6.45, 7) is 5.53. The summed E-state index contributed by atoms with van der Waals surface area (Å²) >= 11 is 0. The molecule has 0 aliphatic carbocycles. The molecule has 0 aromatic rings. The first-order valence-electron chi connectivity index (χ1n) is 5.26. The largest absolute Gasteiger partial charge is 0.466 e. The molecule has 14 heavy (non-hydrogen) atoms. The lowest BCUT2D eigenvalue weighted by Crippen LogP contribution is -2.31. The molecular weight excluding hydrogens is 178 g/mol. The zero-order chi connectivity index (χ0) is 10.4. The van der Waals surface area contributed by atoms with Gasteiger partial charge in [-0.25, -0.2) is 4.79 Å². The van der Waals surface area contributed by atoms with Gasteiger partial charge in [-0.15, -0.1) is 0 Å². The van der Waals surface area contributed by atoms with Gasteiger partial charge in [0.1, 0.15) is 0 Å². The summed E-state index contributed by atoms with van der Waals surface area (Å²) in [5.74, 6) is -0.219. The van der Waals surface area contributed by atoms with Gasteiger partial charge in [-0.3, -0.25) is 0 Å². The standard InChI is InChI=1S/C11H19NO2/c1-3-6-12-7-4-10(5-8-12)9-11(13)14-2/h9H,3-8H2,1-2H3. The maximum absolute atomic E-state index is 11.0. The van der Waals surface area contributed by atoms with Crippen LogP contribution in [0.1, 0.15) is 26.2 Å². The Bertz CT molecular complexity index is 213. The average molecular weight is 197 g/mol. The number of hydrogen-bond donors (Lipinski definition) is 0. The van der Waals surface area contributed by atoms with E-state index in [1.807, 2.05) is 0 Å². The SMILES string of the molecule is CCCN1CCC(=CC(=O)OC)CC1. The number of rotatable bonds is 3. The fourth-order valence-electron chi connectivity index (χ4n) is 1.75. The van der Waals surface area contributed by atoms with Gasteiger partial charge >= 0.3 is 5.97 Å². The lowest BCUT2D eigenvalue weighted by Gasteiger charge is -2.27. The van der Waals surface area contributed by atoms with Gasteiger partial charge in [0, 0.05) is 19.2 Å². The number of ether oxygens (including phenoxy) is 1. The molecule has 0 spiro atoms. The van der Waals surface area contributed by atoms with Crippen LogP contribution in [-0.2, 0) is 9.53 Å². The highest BCUT2D eigenvalue weighted by molar-refractivity contribution is 5.82. The van der Waals surface area contributed by atoms with Crippen molar-refractivity contribution in [2.24, 2.45) is 0 Å². The quantitative estimate of drug-likeness (QED) is 0.508. The van der Waals surface area contributed by atoms with Crippen LogP contribution in [0.4, 0.5) is 0 Å². The predicted octanol–water partition coefficient (Wildman–Crippen LogP) is 1.59. The third kappa shape index (κ3) is 3.50. The lowest BCUT2D eigenvalue weighted by molar-refractivity contribution is -0.134. The van der Waals surface area contributed by atoms with Crippen LogP contribution >= 0.6 is 0 Å². The van der Waals surface area contributed by atoms with Gasteiger partial charge in [-0.05, 0) is 25.8 Å². The van der Waals surface area contributed by atoms with Crippen LogP contribution in [0.3, 0.4) is 0 Å². The van der Waals surface area contributed by atoms with E-state index < -0.39 is 0 Å². The van der Waals surface area contributed by atoms with Crippen molar-refractivity contribution in [2.45, 2.75) is 26.2 Å². The Labute approximate surface area is 85.7 Å². The fraction of sp³-hybridized carbons (Fsp3) is 0.727. The van der Waals surface area contributed by atoms with Crippen LogP contribution in [0.25, 0.3) is 0 Å². The number of nitrogens with zero attached hydrogens (tertiary/aromatic N) is 1. The molecule has 0 bridgehead atoms. The molecule has 3 heteroatoms. The van der Waals surface area contributed by atoms with Gasteiger partial charge in [0.15, 0.2) is 0 Å². The summed E-state index contributed by atoms with van der Waals surface area (Å²) in [6, 6.07) is 0. The van der Waals surface area contributed by atoms with E-state index >= 15 is 0 Å². The van der Waals surface area contributed by atoms with Crippen molar-refractivity contribution in [1.29, 1.82) is 0 Å². The van der Waals surface area contributed by atoms with Gasteiger partial charge in [-0.2, -0.15) is 0 Å². The van der Waals surface area contributed by atoms with Crippen LogP contribution in [0, 0.1) is 0 Å². The molecule has 0 atom stereocenters. The van der Waals surface area contributed by atoms with Crippen molar-refractivity contribution in [3.05, 3.63) is 11.6 Å². The molecule has 0 aromatic heterocycles. The Morgan fingerprint density at radius 3 is 2.64 bits per heavy atom. The molecule has 0 radical (unpaired) electrons. The van der Waals surface area contributed by atoms with E-state index in [1.165, 1.54) is 25.6 Å². The monoisotopic (exact) mass is 197 g/mol. The van der Waals surface area contributed by atoms with E-state index in [0.717, 1.165) is 25.9 Å². The summed E-state index contributed by atoms with van der Waals surface area (Å²) in [7, 11) is 1.42. The number of methoxy groups -OCH3 is 1. The summed E-state index contributed by atoms with van der Waals surface area (Å²) < 4.78 is 4.60. The zero-order valence-corrected chi connectivity index (χ0v) is 9.08. The number of carbonyl (C=O) groups excluding carboxylic acids is 1. The Hall–Kier alpha value is -0.830. The van der Waals surface area contributed by atoms with Crippen LogP contribution in [-0.4, -0.2) is 37.6 Å². The lowest BCUT2D eigenvalue weighted by atomic mass is 10.0. The van der Waals surface area contributed by atoms with Gasteiger partial charge in [-0.1, -0.05) is 12.5 Å². The van der Waals surface area contributed by atoms with Crippen molar-refractivity contribution in [2.75, 3.05) is 26.7 Å². The molecule has 1 rings (SSSR count). The van der Waals surface area contributed by atoms with E-state index in [0.29, 0.717) is 0 Å². The number of piperidine rings is 1. The Morgan fingerprint density at radius 2 is 2.14 bits per heavy atom. The highest BCUT2D eigenvalue weighted by Crippen LogP contribution is 2.15. The van der Waals surface area contributed by atoms with Crippen LogP contribution in [0.2, 0.25) is 0 Å². The first kappa shape index (κ1) is 11.2. The second-order valence-electron chi connectivity index (χ2n) is 3.67. The molecule has 0 saturated carbocycles. The molecule has 1 heterocycles. The Kier molecular flexibility index (Phi) is 4.66. The van der Waals surface area contributed by atoms with Crippen LogP contribution in [0.5, 0.6) is 0 Å². The van der Waals surface area contributed by atoms with E-state index in [1.54, 1.807) is 6.08 Å². The molecule has 0 unspecified atom stereocenters. The minimum atomic E-state index is -0.219. The normalized spacial score (nSPS) is 18.0. The Morgan fingerprint density at radius 1 is 1.50 bits per heavy atom. The van der Waals surface area contributed by atoms with Crippen LogP contribution in [0.15, 0.2) is 11.6 Å². The molecule has 80 valence electrons. The molecule has 0 aromatic carbocycles. The molecule has 1 fully saturated rings. The number of esters is 1. The molecule has 0 N–H and O–H groups in total. The van der Waals surface area contributed by atoms with E-state index in [4.69, 9.17) is 0 Å². The van der Waals surface area contributed by atoms with Crippen molar-refractivity contribution in [3.8, 4) is 0 Å². The molecule has 3 nitrogen and oxygen atoms in total. The van der Waals surface area contributed by atoms with Crippen molar-refractivity contribution < 1.29 is 9.53 Å². The Balaban J connectivity index is 2.35. The smallest absolute Gasteiger partial charge is 0.330 e.